The van der Waals surface area contributed by atoms with E-state index in [2.05, 4.69) is 31.7 Å². The molecule has 1 atom stereocenters. The first-order valence-electron chi connectivity index (χ1n) is 7.04. The van der Waals surface area contributed by atoms with Crippen LogP contribution in [0.1, 0.15) is 23.2 Å². The summed E-state index contributed by atoms with van der Waals surface area (Å²) in [6.45, 7) is 1.71. The van der Waals surface area contributed by atoms with Gasteiger partial charge in [0.05, 0.1) is 17.4 Å². The Kier molecular flexibility index (Phi) is 5.99. The summed E-state index contributed by atoms with van der Waals surface area (Å²) in [7, 11) is 0. The van der Waals surface area contributed by atoms with Crippen LogP contribution >= 0.6 is 28.3 Å². The van der Waals surface area contributed by atoms with E-state index in [4.69, 9.17) is 0 Å². The molecule has 0 aliphatic carbocycles. The highest BCUT2D eigenvalue weighted by Gasteiger charge is 2.16. The van der Waals surface area contributed by atoms with Gasteiger partial charge in [-0.2, -0.15) is 5.10 Å². The number of nitrogens with zero attached hydrogens (tertiary/aromatic N) is 2. The Morgan fingerprint density at radius 2 is 2.36 bits per heavy atom. The molecule has 2 heterocycles. The van der Waals surface area contributed by atoms with Gasteiger partial charge in [-0.25, -0.2) is 4.68 Å². The molecule has 1 saturated heterocycles. The number of benzene rings is 1. The molecule has 1 unspecified atom stereocenters. The zero-order valence-corrected chi connectivity index (χ0v) is 14.4. The van der Waals surface area contributed by atoms with Crippen molar-refractivity contribution in [3.63, 3.8) is 0 Å². The van der Waals surface area contributed by atoms with E-state index in [0.717, 1.165) is 23.1 Å². The molecule has 1 fully saturated rings. The van der Waals surface area contributed by atoms with Gasteiger partial charge in [-0.05, 0) is 37.6 Å². The van der Waals surface area contributed by atoms with Gasteiger partial charge in [0.2, 0.25) is 0 Å². The Bertz CT molecular complexity index is 640. The predicted molar refractivity (Wildman–Crippen MR) is 91.9 cm³/mol. The summed E-state index contributed by atoms with van der Waals surface area (Å²) in [6.07, 6.45) is 5.65. The molecule has 22 heavy (non-hydrogen) atoms. The second-order valence-corrected chi connectivity index (χ2v) is 6.07. The van der Waals surface area contributed by atoms with Gasteiger partial charge in [-0.3, -0.25) is 4.79 Å². The van der Waals surface area contributed by atoms with Crippen molar-refractivity contribution in [3.05, 3.63) is 46.7 Å². The molecule has 0 saturated carbocycles. The number of nitrogens with one attached hydrogen (secondary N) is 2. The number of carbonyl (C=O) groups excluding carboxylic acids is 1. The third-order valence-electron chi connectivity index (χ3n) is 3.59. The van der Waals surface area contributed by atoms with E-state index in [1.165, 1.54) is 6.42 Å². The second kappa shape index (κ2) is 7.76. The van der Waals surface area contributed by atoms with E-state index in [1.807, 2.05) is 24.3 Å². The van der Waals surface area contributed by atoms with Crippen LogP contribution in [0.2, 0.25) is 0 Å². The molecule has 2 aromatic rings. The van der Waals surface area contributed by atoms with Crippen LogP contribution in [-0.2, 0) is 0 Å². The summed E-state index contributed by atoms with van der Waals surface area (Å²) in [6, 6.07) is 8.19. The number of aromatic nitrogens is 2. The first-order chi connectivity index (χ1) is 10.2. The van der Waals surface area contributed by atoms with E-state index >= 15 is 0 Å². The summed E-state index contributed by atoms with van der Waals surface area (Å²) >= 11 is 3.43. The van der Waals surface area contributed by atoms with Crippen LogP contribution in [-0.4, -0.2) is 34.8 Å². The zero-order valence-electron chi connectivity index (χ0n) is 12.0. The van der Waals surface area contributed by atoms with Crippen molar-refractivity contribution in [1.29, 1.82) is 0 Å². The van der Waals surface area contributed by atoms with Crippen molar-refractivity contribution in [2.24, 2.45) is 0 Å². The molecular weight excluding hydrogens is 368 g/mol. The molecule has 1 aliphatic rings. The van der Waals surface area contributed by atoms with Gasteiger partial charge in [0.1, 0.15) is 0 Å². The summed E-state index contributed by atoms with van der Waals surface area (Å²) in [5, 5.41) is 10.6. The fourth-order valence-electron chi connectivity index (χ4n) is 2.45. The van der Waals surface area contributed by atoms with Crippen LogP contribution in [0.5, 0.6) is 0 Å². The van der Waals surface area contributed by atoms with Crippen molar-refractivity contribution in [2.75, 3.05) is 13.1 Å². The number of hydrogen-bond donors (Lipinski definition) is 2. The molecule has 0 bridgehead atoms. The minimum Gasteiger partial charge on any atom is -0.350 e. The zero-order chi connectivity index (χ0) is 14.7. The maximum absolute atomic E-state index is 12.1. The van der Waals surface area contributed by atoms with Crippen LogP contribution in [0.25, 0.3) is 5.69 Å². The van der Waals surface area contributed by atoms with Crippen LogP contribution in [0, 0.1) is 0 Å². The highest BCUT2D eigenvalue weighted by Crippen LogP contribution is 2.15. The lowest BCUT2D eigenvalue weighted by atomic mass is 10.2. The number of hydrogen-bond acceptors (Lipinski definition) is 3. The molecule has 1 aliphatic heterocycles. The Hall–Kier alpha value is -1.37. The first kappa shape index (κ1) is 17.0. The van der Waals surface area contributed by atoms with Crippen LogP contribution in [0.15, 0.2) is 41.1 Å². The Labute approximate surface area is 144 Å². The van der Waals surface area contributed by atoms with E-state index < -0.39 is 0 Å². The average Bonchev–Trinajstić information content (AvgIpc) is 3.16. The van der Waals surface area contributed by atoms with E-state index in [0.29, 0.717) is 18.2 Å². The van der Waals surface area contributed by atoms with Crippen LogP contribution in [0.3, 0.4) is 0 Å². The summed E-state index contributed by atoms with van der Waals surface area (Å²) in [5.74, 6) is -0.0788. The third-order valence-corrected chi connectivity index (χ3v) is 4.08. The smallest absolute Gasteiger partial charge is 0.254 e. The summed E-state index contributed by atoms with van der Waals surface area (Å²) in [5.41, 5.74) is 1.49. The largest absolute Gasteiger partial charge is 0.350 e. The highest BCUT2D eigenvalue weighted by atomic mass is 79.9. The molecule has 118 valence electrons. The summed E-state index contributed by atoms with van der Waals surface area (Å²) in [4.78, 5) is 12.1. The SMILES string of the molecule is Cl.O=C(NCC1CCCN1)c1cnn(-c2cccc(Br)c2)c1. The van der Waals surface area contributed by atoms with Gasteiger partial charge >= 0.3 is 0 Å². The molecule has 1 aromatic carbocycles. The minimum absolute atomic E-state index is 0. The minimum atomic E-state index is -0.0788. The topological polar surface area (TPSA) is 59.0 Å². The maximum Gasteiger partial charge on any atom is 0.254 e. The standard InChI is InChI=1S/C15H17BrN4O.ClH/c16-12-3-1-5-14(7-12)20-10-11(8-19-20)15(21)18-9-13-4-2-6-17-13;/h1,3,5,7-8,10,13,17H,2,4,6,9H2,(H,18,21);1H. The molecule has 7 heteroatoms. The average molecular weight is 386 g/mol. The molecule has 0 radical (unpaired) electrons. The van der Waals surface area contributed by atoms with E-state index in [9.17, 15) is 4.79 Å². The van der Waals surface area contributed by atoms with Crippen molar-refractivity contribution in [3.8, 4) is 5.69 Å². The molecule has 0 spiro atoms. The Morgan fingerprint density at radius 1 is 1.50 bits per heavy atom. The monoisotopic (exact) mass is 384 g/mol. The molecule has 1 amide bonds. The number of halogens is 2. The highest BCUT2D eigenvalue weighted by molar-refractivity contribution is 9.10. The molecular formula is C15H18BrClN4O. The van der Waals surface area contributed by atoms with Gasteiger partial charge in [-0.15, -0.1) is 12.4 Å². The first-order valence-corrected chi connectivity index (χ1v) is 7.84. The van der Waals surface area contributed by atoms with Gasteiger partial charge < -0.3 is 10.6 Å². The van der Waals surface area contributed by atoms with Crippen molar-refractivity contribution >= 4 is 34.2 Å². The third kappa shape index (κ3) is 4.09. The van der Waals surface area contributed by atoms with Crippen molar-refractivity contribution in [1.82, 2.24) is 20.4 Å². The van der Waals surface area contributed by atoms with Crippen molar-refractivity contribution in [2.45, 2.75) is 18.9 Å². The lowest BCUT2D eigenvalue weighted by Gasteiger charge is -2.10. The van der Waals surface area contributed by atoms with Gasteiger partial charge in [-0.1, -0.05) is 22.0 Å². The Morgan fingerprint density at radius 3 is 3.09 bits per heavy atom. The van der Waals surface area contributed by atoms with Gasteiger partial charge in [0.15, 0.2) is 0 Å². The van der Waals surface area contributed by atoms with Crippen LogP contribution in [0.4, 0.5) is 0 Å². The maximum atomic E-state index is 12.1. The molecule has 1 aromatic heterocycles. The van der Waals surface area contributed by atoms with Crippen molar-refractivity contribution < 1.29 is 4.79 Å². The molecule has 2 N–H and O–H groups in total. The van der Waals surface area contributed by atoms with E-state index in [1.54, 1.807) is 17.1 Å². The molecule has 5 nitrogen and oxygen atoms in total. The van der Waals surface area contributed by atoms with Crippen LogP contribution < -0.4 is 10.6 Å². The predicted octanol–water partition coefficient (Wildman–Crippen LogP) is 2.54. The lowest BCUT2D eigenvalue weighted by Crippen LogP contribution is -2.37. The number of carbonyl (C=O) groups is 1. The van der Waals surface area contributed by atoms with Gasteiger partial charge in [0.25, 0.3) is 5.91 Å². The summed E-state index contributed by atoms with van der Waals surface area (Å²) < 4.78 is 2.68. The quantitative estimate of drug-likeness (QED) is 0.850. The lowest BCUT2D eigenvalue weighted by molar-refractivity contribution is 0.0950. The van der Waals surface area contributed by atoms with E-state index in [-0.39, 0.29) is 18.3 Å². The normalized spacial score (nSPS) is 17.0. The fourth-order valence-corrected chi connectivity index (χ4v) is 2.84. The number of rotatable bonds is 4. The Balaban J connectivity index is 0.00000176. The molecule has 3 rings (SSSR count). The second-order valence-electron chi connectivity index (χ2n) is 5.16. The fraction of sp³-hybridized carbons (Fsp3) is 0.333. The number of amides is 1. The van der Waals surface area contributed by atoms with Gasteiger partial charge in [0, 0.05) is 23.3 Å².